The van der Waals surface area contributed by atoms with Gasteiger partial charge in [0.05, 0.1) is 6.54 Å². The van der Waals surface area contributed by atoms with Gasteiger partial charge >= 0.3 is 0 Å². The molecule has 0 bridgehead atoms. The van der Waals surface area contributed by atoms with E-state index < -0.39 is 0 Å². The standard InChI is InChI=1S/C16H13Cl2N3S/c1-10-8-11-4-3-7-19-15(11)21(16(10)22)20-9-12-13(17)5-2-6-14(12)18/h2-8,20H,9H2,1H3. The maximum atomic E-state index is 6.21. The van der Waals surface area contributed by atoms with Crippen molar-refractivity contribution in [1.82, 2.24) is 9.66 Å². The molecule has 0 spiro atoms. The van der Waals surface area contributed by atoms with E-state index in [1.54, 1.807) is 10.9 Å². The molecule has 0 radical (unpaired) electrons. The van der Waals surface area contributed by atoms with Crippen molar-refractivity contribution in [2.45, 2.75) is 13.5 Å². The first-order chi connectivity index (χ1) is 10.6. The Hall–Kier alpha value is -1.62. The number of nitrogens with one attached hydrogen (secondary N) is 1. The third kappa shape index (κ3) is 2.82. The van der Waals surface area contributed by atoms with Crippen molar-refractivity contribution in [1.29, 1.82) is 0 Å². The fourth-order valence-electron chi connectivity index (χ4n) is 2.28. The van der Waals surface area contributed by atoms with Crippen molar-refractivity contribution >= 4 is 46.5 Å². The highest BCUT2D eigenvalue weighted by Gasteiger charge is 2.08. The number of aromatic nitrogens is 2. The summed E-state index contributed by atoms with van der Waals surface area (Å²) in [6.07, 6.45) is 1.74. The highest BCUT2D eigenvalue weighted by atomic mass is 35.5. The molecule has 2 heterocycles. The van der Waals surface area contributed by atoms with E-state index in [9.17, 15) is 0 Å². The van der Waals surface area contributed by atoms with Gasteiger partial charge in [-0.15, -0.1) is 0 Å². The van der Waals surface area contributed by atoms with Crippen LogP contribution in [-0.4, -0.2) is 9.66 Å². The quantitative estimate of drug-likeness (QED) is 0.665. The Balaban J connectivity index is 2.04. The van der Waals surface area contributed by atoms with E-state index in [0.717, 1.165) is 22.2 Å². The topological polar surface area (TPSA) is 29.9 Å². The van der Waals surface area contributed by atoms with Crippen LogP contribution in [0.25, 0.3) is 11.0 Å². The van der Waals surface area contributed by atoms with Crippen molar-refractivity contribution in [2.75, 3.05) is 5.43 Å². The first-order valence-electron chi connectivity index (χ1n) is 6.72. The minimum Gasteiger partial charge on any atom is -0.319 e. The van der Waals surface area contributed by atoms with E-state index in [1.165, 1.54) is 0 Å². The summed E-state index contributed by atoms with van der Waals surface area (Å²) in [6.45, 7) is 2.44. The van der Waals surface area contributed by atoms with Crippen LogP contribution >= 0.6 is 35.4 Å². The molecule has 3 rings (SSSR count). The predicted molar refractivity (Wildman–Crippen MR) is 94.8 cm³/mol. The highest BCUT2D eigenvalue weighted by Crippen LogP contribution is 2.24. The van der Waals surface area contributed by atoms with Crippen LogP contribution in [0.1, 0.15) is 11.1 Å². The average molecular weight is 350 g/mol. The summed E-state index contributed by atoms with van der Waals surface area (Å²) in [5, 5.41) is 2.26. The number of hydrogen-bond donors (Lipinski definition) is 1. The summed E-state index contributed by atoms with van der Waals surface area (Å²) in [6, 6.07) is 11.4. The van der Waals surface area contributed by atoms with Gasteiger partial charge in [0.15, 0.2) is 5.65 Å². The smallest absolute Gasteiger partial charge is 0.159 e. The van der Waals surface area contributed by atoms with Crippen molar-refractivity contribution in [3.05, 3.63) is 68.4 Å². The van der Waals surface area contributed by atoms with Crippen LogP contribution in [0.15, 0.2) is 42.6 Å². The number of nitrogens with zero attached hydrogens (tertiary/aromatic N) is 2. The molecule has 0 aliphatic heterocycles. The Morgan fingerprint density at radius 2 is 1.91 bits per heavy atom. The highest BCUT2D eigenvalue weighted by molar-refractivity contribution is 7.71. The number of benzene rings is 1. The first kappa shape index (κ1) is 15.3. The predicted octanol–water partition coefficient (Wildman–Crippen LogP) is 5.12. The molecule has 0 saturated heterocycles. The van der Waals surface area contributed by atoms with Crippen molar-refractivity contribution in [3.8, 4) is 0 Å². The van der Waals surface area contributed by atoms with Crippen molar-refractivity contribution < 1.29 is 0 Å². The molecule has 0 fully saturated rings. The zero-order valence-electron chi connectivity index (χ0n) is 11.8. The molecule has 0 aliphatic carbocycles. The Morgan fingerprint density at radius 1 is 1.18 bits per heavy atom. The Morgan fingerprint density at radius 3 is 2.64 bits per heavy atom. The number of halogens is 2. The SMILES string of the molecule is Cc1cc2cccnc2n(NCc2c(Cl)cccc2Cl)c1=S. The third-order valence-corrected chi connectivity index (χ3v) is 4.63. The molecule has 22 heavy (non-hydrogen) atoms. The lowest BCUT2D eigenvalue weighted by Crippen LogP contribution is -2.18. The molecule has 0 amide bonds. The van der Waals surface area contributed by atoms with Crippen molar-refractivity contribution in [3.63, 3.8) is 0 Å². The van der Waals surface area contributed by atoms with Gasteiger partial charge in [-0.2, -0.15) is 0 Å². The maximum Gasteiger partial charge on any atom is 0.159 e. The zero-order valence-corrected chi connectivity index (χ0v) is 14.1. The fourth-order valence-corrected chi connectivity index (χ4v) is 3.02. The second-order valence-electron chi connectivity index (χ2n) is 4.92. The molecule has 0 saturated carbocycles. The van der Waals surface area contributed by atoms with Crippen LogP contribution in [0.2, 0.25) is 10.0 Å². The number of fused-ring (bicyclic) bond motifs is 1. The lowest BCUT2D eigenvalue weighted by molar-refractivity contribution is 0.837. The lowest BCUT2D eigenvalue weighted by Gasteiger charge is -2.16. The maximum absolute atomic E-state index is 6.21. The summed E-state index contributed by atoms with van der Waals surface area (Å²) in [7, 11) is 0. The molecule has 3 nitrogen and oxygen atoms in total. The number of rotatable bonds is 3. The van der Waals surface area contributed by atoms with Crippen LogP contribution < -0.4 is 5.43 Å². The van der Waals surface area contributed by atoms with Crippen LogP contribution in [0.4, 0.5) is 0 Å². The Labute approximate surface area is 143 Å². The second-order valence-corrected chi connectivity index (χ2v) is 6.12. The van der Waals surface area contributed by atoms with Gasteiger partial charge in [-0.1, -0.05) is 41.5 Å². The van der Waals surface area contributed by atoms with E-state index in [0.29, 0.717) is 21.2 Å². The van der Waals surface area contributed by atoms with E-state index in [2.05, 4.69) is 10.4 Å². The monoisotopic (exact) mass is 349 g/mol. The number of hydrogen-bond acceptors (Lipinski definition) is 3. The normalized spacial score (nSPS) is 10.9. The second kappa shape index (κ2) is 6.24. The summed E-state index contributed by atoms with van der Waals surface area (Å²) in [5.74, 6) is 0. The van der Waals surface area contributed by atoms with Gasteiger partial charge in [0.25, 0.3) is 0 Å². The lowest BCUT2D eigenvalue weighted by atomic mass is 10.2. The molecule has 1 aromatic carbocycles. The number of aryl methyl sites for hydroxylation is 1. The molecule has 0 aliphatic rings. The van der Waals surface area contributed by atoms with Crippen LogP contribution in [0.3, 0.4) is 0 Å². The fraction of sp³-hybridized carbons (Fsp3) is 0.125. The third-order valence-electron chi connectivity index (χ3n) is 3.42. The summed E-state index contributed by atoms with van der Waals surface area (Å²) >= 11 is 17.9. The molecule has 0 atom stereocenters. The minimum atomic E-state index is 0.460. The van der Waals surface area contributed by atoms with E-state index in [4.69, 9.17) is 35.4 Å². The van der Waals surface area contributed by atoms with E-state index in [1.807, 2.05) is 43.3 Å². The first-order valence-corrected chi connectivity index (χ1v) is 7.88. The molecule has 112 valence electrons. The van der Waals surface area contributed by atoms with Gasteiger partial charge in [-0.25, -0.2) is 9.66 Å². The average Bonchev–Trinajstić information content (AvgIpc) is 2.50. The van der Waals surface area contributed by atoms with Gasteiger partial charge in [0.2, 0.25) is 0 Å². The van der Waals surface area contributed by atoms with Gasteiger partial charge in [0, 0.05) is 27.2 Å². The zero-order chi connectivity index (χ0) is 15.7. The molecule has 0 unspecified atom stereocenters. The summed E-state index contributed by atoms with van der Waals surface area (Å²) in [5.41, 5.74) is 5.89. The molecule has 1 N–H and O–H groups in total. The molecular formula is C16H13Cl2N3S. The Kier molecular flexibility index (Phi) is 4.34. The number of pyridine rings is 2. The summed E-state index contributed by atoms with van der Waals surface area (Å²) in [4.78, 5) is 4.41. The largest absolute Gasteiger partial charge is 0.319 e. The van der Waals surface area contributed by atoms with Gasteiger partial charge in [0.1, 0.15) is 4.64 Å². The minimum absolute atomic E-state index is 0.460. The van der Waals surface area contributed by atoms with Crippen LogP contribution in [-0.2, 0) is 6.54 Å². The van der Waals surface area contributed by atoms with Crippen LogP contribution in [0.5, 0.6) is 0 Å². The van der Waals surface area contributed by atoms with Crippen molar-refractivity contribution in [2.24, 2.45) is 0 Å². The Bertz CT molecular complexity index is 885. The molecule has 6 heteroatoms. The van der Waals surface area contributed by atoms with Crippen LogP contribution in [0, 0.1) is 11.6 Å². The summed E-state index contributed by atoms with van der Waals surface area (Å²) < 4.78 is 2.49. The van der Waals surface area contributed by atoms with Gasteiger partial charge in [-0.3, -0.25) is 0 Å². The van der Waals surface area contributed by atoms with E-state index in [-0.39, 0.29) is 0 Å². The van der Waals surface area contributed by atoms with Gasteiger partial charge in [-0.05, 0) is 42.8 Å². The molecule has 3 aromatic rings. The molecular weight excluding hydrogens is 337 g/mol. The molecule has 2 aromatic heterocycles. The van der Waals surface area contributed by atoms with Gasteiger partial charge < -0.3 is 5.43 Å². The van der Waals surface area contributed by atoms with E-state index >= 15 is 0 Å².